The zero-order valence-electron chi connectivity index (χ0n) is 12.7. The van der Waals surface area contributed by atoms with Crippen molar-refractivity contribution in [3.8, 4) is 0 Å². The highest BCUT2D eigenvalue weighted by Crippen LogP contribution is 2.27. The molecule has 0 aliphatic carbocycles. The molecule has 0 N–H and O–H groups in total. The lowest BCUT2D eigenvalue weighted by Gasteiger charge is -2.20. The lowest BCUT2D eigenvalue weighted by Crippen LogP contribution is -2.18. The summed E-state index contributed by atoms with van der Waals surface area (Å²) in [5, 5.41) is 4.56. The van der Waals surface area contributed by atoms with E-state index in [1.807, 2.05) is 11.6 Å². The van der Waals surface area contributed by atoms with Crippen LogP contribution in [0.15, 0.2) is 0 Å². The molecule has 0 amide bonds. The molecule has 1 atom stereocenters. The Kier molecular flexibility index (Phi) is 5.05. The van der Waals surface area contributed by atoms with Gasteiger partial charge in [-0.15, -0.1) is 11.6 Å². The molecule has 0 saturated heterocycles. The molecule has 0 bridgehead atoms. The summed E-state index contributed by atoms with van der Waals surface area (Å²) in [4.78, 5) is 4.68. The topological polar surface area (TPSA) is 44.9 Å². The van der Waals surface area contributed by atoms with Crippen LogP contribution in [-0.2, 0) is 17.2 Å². The maximum Gasteiger partial charge on any atom is 0.159 e. The molecule has 0 aliphatic heterocycles. The summed E-state index contributed by atoms with van der Waals surface area (Å²) in [6.07, 6.45) is 2.13. The van der Waals surface area contributed by atoms with Gasteiger partial charge >= 0.3 is 0 Å². The van der Waals surface area contributed by atoms with Gasteiger partial charge in [0.25, 0.3) is 0 Å². The smallest absolute Gasteiger partial charge is 0.159 e. The monoisotopic (exact) mass is 298 g/mol. The average molecular weight is 299 g/mol. The lowest BCUT2D eigenvalue weighted by atomic mass is 10.1. The van der Waals surface area contributed by atoms with Crippen LogP contribution in [0.1, 0.15) is 44.2 Å². The maximum absolute atomic E-state index is 6.10. The molecule has 0 aliphatic rings. The highest BCUT2D eigenvalue weighted by Gasteiger charge is 2.23. The largest absolute Gasteiger partial charge is 0.383 e. The van der Waals surface area contributed by atoms with Crippen molar-refractivity contribution >= 4 is 22.8 Å². The molecule has 0 spiro atoms. The molecule has 2 heterocycles. The molecule has 112 valence electrons. The number of methoxy groups -OCH3 is 1. The second-order valence-corrected chi connectivity index (χ2v) is 5.27. The molecule has 5 nitrogen and oxygen atoms in total. The minimum atomic E-state index is 0.255. The summed E-state index contributed by atoms with van der Waals surface area (Å²) >= 11 is 6.10. The van der Waals surface area contributed by atoms with E-state index in [-0.39, 0.29) is 6.04 Å². The van der Waals surface area contributed by atoms with Crippen LogP contribution in [0.5, 0.6) is 0 Å². The number of fused-ring (bicyclic) bond motifs is 1. The van der Waals surface area contributed by atoms with E-state index < -0.39 is 0 Å². The summed E-state index contributed by atoms with van der Waals surface area (Å²) < 4.78 is 9.61. The molecular formula is C14H23ClN4O. The first-order valence-electron chi connectivity index (χ1n) is 7.16. The minimum absolute atomic E-state index is 0.255. The molecule has 0 saturated carbocycles. The molecule has 0 radical (unpaired) electrons. The van der Waals surface area contributed by atoms with Gasteiger partial charge in [0, 0.05) is 13.7 Å². The van der Waals surface area contributed by atoms with Crippen LogP contribution in [0, 0.1) is 6.92 Å². The number of aromatic nitrogens is 4. The van der Waals surface area contributed by atoms with Crippen molar-refractivity contribution in [2.75, 3.05) is 13.7 Å². The van der Waals surface area contributed by atoms with Crippen LogP contribution in [0.2, 0.25) is 0 Å². The van der Waals surface area contributed by atoms with Gasteiger partial charge in [-0.25, -0.2) is 9.67 Å². The van der Waals surface area contributed by atoms with E-state index in [1.165, 1.54) is 0 Å². The van der Waals surface area contributed by atoms with Gasteiger partial charge in [0.15, 0.2) is 5.65 Å². The lowest BCUT2D eigenvalue weighted by molar-refractivity contribution is 0.150. The van der Waals surface area contributed by atoms with E-state index in [2.05, 4.69) is 28.5 Å². The van der Waals surface area contributed by atoms with E-state index in [1.54, 1.807) is 7.11 Å². The number of alkyl halides is 1. The third-order valence-corrected chi connectivity index (χ3v) is 3.82. The van der Waals surface area contributed by atoms with Gasteiger partial charge in [-0.1, -0.05) is 13.3 Å². The number of imidazole rings is 1. The van der Waals surface area contributed by atoms with E-state index in [9.17, 15) is 0 Å². The van der Waals surface area contributed by atoms with Gasteiger partial charge in [0.05, 0.1) is 24.2 Å². The van der Waals surface area contributed by atoms with Crippen molar-refractivity contribution in [2.45, 2.75) is 52.1 Å². The first-order valence-corrected chi connectivity index (χ1v) is 7.70. The summed E-state index contributed by atoms with van der Waals surface area (Å²) in [6.45, 7) is 7.75. The molecule has 1 unspecified atom stereocenters. The van der Waals surface area contributed by atoms with Crippen molar-refractivity contribution in [2.24, 2.45) is 0 Å². The molecular weight excluding hydrogens is 276 g/mol. The Hall–Kier alpha value is -1.07. The number of hydrogen-bond acceptors (Lipinski definition) is 3. The average Bonchev–Trinajstić information content (AvgIpc) is 2.96. The molecule has 6 heteroatoms. The van der Waals surface area contributed by atoms with Crippen LogP contribution in [-0.4, -0.2) is 33.0 Å². The van der Waals surface area contributed by atoms with Gasteiger partial charge in [0.2, 0.25) is 0 Å². The first-order chi connectivity index (χ1) is 9.67. The van der Waals surface area contributed by atoms with Crippen LogP contribution < -0.4 is 0 Å². The Labute approximate surface area is 124 Å². The Morgan fingerprint density at radius 2 is 2.10 bits per heavy atom. The van der Waals surface area contributed by atoms with Crippen LogP contribution in [0.25, 0.3) is 11.2 Å². The molecule has 20 heavy (non-hydrogen) atoms. The van der Waals surface area contributed by atoms with Crippen molar-refractivity contribution in [1.82, 2.24) is 19.3 Å². The Morgan fingerprint density at radius 1 is 1.35 bits per heavy atom. The molecule has 2 aromatic rings. The normalized spacial score (nSPS) is 13.2. The second-order valence-electron chi connectivity index (χ2n) is 5.00. The van der Waals surface area contributed by atoms with Gasteiger partial charge in [-0.2, -0.15) is 5.10 Å². The van der Waals surface area contributed by atoms with E-state index in [0.29, 0.717) is 12.5 Å². The van der Waals surface area contributed by atoms with Gasteiger partial charge in [-0.3, -0.25) is 0 Å². The number of ether oxygens (including phenoxy) is 1. The maximum atomic E-state index is 6.10. The number of nitrogens with zero attached hydrogens (tertiary/aromatic N) is 4. The third kappa shape index (κ3) is 2.56. The van der Waals surface area contributed by atoms with Crippen LogP contribution in [0.4, 0.5) is 0 Å². The van der Waals surface area contributed by atoms with E-state index in [4.69, 9.17) is 16.3 Å². The fourth-order valence-corrected chi connectivity index (χ4v) is 2.93. The molecule has 0 fully saturated rings. The summed E-state index contributed by atoms with van der Waals surface area (Å²) in [5.41, 5.74) is 2.98. The second kappa shape index (κ2) is 6.59. The van der Waals surface area contributed by atoms with E-state index in [0.717, 1.165) is 42.1 Å². The van der Waals surface area contributed by atoms with Gasteiger partial charge in [-0.05, 0) is 20.3 Å². The quantitative estimate of drug-likeness (QED) is 0.737. The molecule has 2 aromatic heterocycles. The first kappa shape index (κ1) is 15.3. The zero-order chi connectivity index (χ0) is 14.7. The van der Waals surface area contributed by atoms with Crippen molar-refractivity contribution in [3.63, 3.8) is 0 Å². The predicted octanol–water partition coefficient (Wildman–Crippen LogP) is 3.29. The molecule has 2 rings (SSSR count). The SMILES string of the molecule is CCCC(COC)n1c(CCl)nc2c(C)nn(CC)c21. The third-order valence-electron chi connectivity index (χ3n) is 3.58. The number of aryl methyl sites for hydroxylation is 2. The van der Waals surface area contributed by atoms with Crippen LogP contribution in [0.3, 0.4) is 0 Å². The minimum Gasteiger partial charge on any atom is -0.383 e. The van der Waals surface area contributed by atoms with Crippen LogP contribution >= 0.6 is 11.6 Å². The number of rotatable bonds is 7. The highest BCUT2D eigenvalue weighted by molar-refractivity contribution is 6.16. The zero-order valence-corrected chi connectivity index (χ0v) is 13.4. The Morgan fingerprint density at radius 3 is 2.65 bits per heavy atom. The number of halogens is 1. The van der Waals surface area contributed by atoms with Gasteiger partial charge in [0.1, 0.15) is 11.3 Å². The van der Waals surface area contributed by atoms with Crippen molar-refractivity contribution < 1.29 is 4.74 Å². The highest BCUT2D eigenvalue weighted by atomic mass is 35.5. The summed E-state index contributed by atoms with van der Waals surface area (Å²) in [6, 6.07) is 0.255. The standard InChI is InChI=1S/C14H23ClN4O/c1-5-7-11(9-20-4)19-12(8-15)16-13-10(3)17-18(6-2)14(13)19/h11H,5-9H2,1-4H3. The van der Waals surface area contributed by atoms with Crippen molar-refractivity contribution in [1.29, 1.82) is 0 Å². The Bertz CT molecular complexity index is 569. The molecule has 0 aromatic carbocycles. The van der Waals surface area contributed by atoms with E-state index >= 15 is 0 Å². The van der Waals surface area contributed by atoms with Crippen molar-refractivity contribution in [3.05, 3.63) is 11.5 Å². The summed E-state index contributed by atoms with van der Waals surface area (Å²) in [7, 11) is 1.74. The fraction of sp³-hybridized carbons (Fsp3) is 0.714. The van der Waals surface area contributed by atoms with Gasteiger partial charge < -0.3 is 9.30 Å². The summed E-state index contributed by atoms with van der Waals surface area (Å²) in [5.74, 6) is 1.31. The fourth-order valence-electron chi connectivity index (χ4n) is 2.75. The Balaban J connectivity index is 2.63. The predicted molar refractivity (Wildman–Crippen MR) is 81.3 cm³/mol. The number of hydrogen-bond donors (Lipinski definition) is 0.